The molecule has 0 bridgehead atoms. The van der Waals surface area contributed by atoms with Crippen LogP contribution in [0, 0.1) is 23.7 Å². The van der Waals surface area contributed by atoms with Gasteiger partial charge in [0, 0.05) is 25.2 Å². The van der Waals surface area contributed by atoms with Gasteiger partial charge < -0.3 is 0 Å². The molecule has 23 heavy (non-hydrogen) atoms. The van der Waals surface area contributed by atoms with Gasteiger partial charge >= 0.3 is 0 Å². The Morgan fingerprint density at radius 3 is 1.48 bits per heavy atom. The van der Waals surface area contributed by atoms with Crippen molar-refractivity contribution in [3.63, 3.8) is 0 Å². The molecule has 0 radical (unpaired) electrons. The van der Waals surface area contributed by atoms with Crippen LogP contribution in [0.15, 0.2) is 23.3 Å². The average Bonchev–Trinajstić information content (AvgIpc) is 2.85. The molecule has 0 N–H and O–H groups in total. The minimum Gasteiger partial charge on any atom is -0.282 e. The van der Waals surface area contributed by atoms with Gasteiger partial charge in [0.05, 0.1) is 6.67 Å². The molecule has 0 aromatic carbocycles. The minimum atomic E-state index is 0.665. The van der Waals surface area contributed by atoms with Crippen LogP contribution in [0.1, 0.15) is 54.4 Å². The number of hydrogen-bond donors (Lipinski definition) is 0. The first-order valence-electron chi connectivity index (χ1n) is 9.71. The molecule has 0 saturated carbocycles. The summed E-state index contributed by atoms with van der Waals surface area (Å²) in [5.74, 6) is 3.08. The monoisotopic (exact) mass is 316 g/mol. The van der Waals surface area contributed by atoms with Crippen LogP contribution in [0.2, 0.25) is 0 Å². The van der Waals surface area contributed by atoms with E-state index in [1.54, 1.807) is 11.1 Å². The normalized spacial score (nSPS) is 43.4. The Kier molecular flexibility index (Phi) is 5.04. The van der Waals surface area contributed by atoms with E-state index in [9.17, 15) is 0 Å². The van der Waals surface area contributed by atoms with Gasteiger partial charge in [0.25, 0.3) is 0 Å². The molecule has 6 unspecified atom stereocenters. The third kappa shape index (κ3) is 3.44. The van der Waals surface area contributed by atoms with Crippen molar-refractivity contribution in [2.75, 3.05) is 19.8 Å². The zero-order chi connectivity index (χ0) is 16.7. The largest absolute Gasteiger partial charge is 0.282 e. The van der Waals surface area contributed by atoms with Crippen molar-refractivity contribution in [2.45, 2.75) is 66.5 Å². The second-order valence-electron chi connectivity index (χ2n) is 8.86. The maximum absolute atomic E-state index is 2.75. The molecule has 1 fully saturated rings. The van der Waals surface area contributed by atoms with E-state index in [4.69, 9.17) is 0 Å². The smallest absolute Gasteiger partial charge is 0.0518 e. The molecule has 1 heterocycles. The Morgan fingerprint density at radius 1 is 0.739 bits per heavy atom. The standard InChI is InChI=1S/C21H36N2/c1-14-9-16(3)20(17(4)10-14)22-7-8-23(13-22)21-18(5)11-15(2)12-19(21)6/h9,11,14-15,17,19-21H,7-8,10,12-13H2,1-6H3. The van der Waals surface area contributed by atoms with Gasteiger partial charge in [0.15, 0.2) is 0 Å². The van der Waals surface area contributed by atoms with Gasteiger partial charge in [-0.25, -0.2) is 0 Å². The summed E-state index contributed by atoms with van der Waals surface area (Å²) in [7, 11) is 0. The Labute approximate surface area is 143 Å². The van der Waals surface area contributed by atoms with Crippen LogP contribution in [-0.2, 0) is 0 Å². The Hall–Kier alpha value is -0.600. The van der Waals surface area contributed by atoms with Crippen LogP contribution in [-0.4, -0.2) is 41.6 Å². The first kappa shape index (κ1) is 17.2. The zero-order valence-corrected chi connectivity index (χ0v) is 16.0. The van der Waals surface area contributed by atoms with Crippen molar-refractivity contribution >= 4 is 0 Å². The topological polar surface area (TPSA) is 6.48 Å². The first-order chi connectivity index (χ1) is 10.9. The van der Waals surface area contributed by atoms with Crippen LogP contribution in [0.3, 0.4) is 0 Å². The fourth-order valence-corrected chi connectivity index (χ4v) is 5.94. The fraction of sp³-hybridized carbons (Fsp3) is 0.810. The van der Waals surface area contributed by atoms with E-state index in [-0.39, 0.29) is 0 Å². The maximum atomic E-state index is 2.75. The lowest BCUT2D eigenvalue weighted by Gasteiger charge is -2.41. The number of nitrogens with zero attached hydrogens (tertiary/aromatic N) is 2. The van der Waals surface area contributed by atoms with Crippen molar-refractivity contribution in [1.29, 1.82) is 0 Å². The van der Waals surface area contributed by atoms with Gasteiger partial charge in [0.1, 0.15) is 0 Å². The molecular formula is C21H36N2. The molecule has 2 aliphatic carbocycles. The fourth-order valence-electron chi connectivity index (χ4n) is 5.94. The number of hydrogen-bond acceptors (Lipinski definition) is 2. The summed E-state index contributed by atoms with van der Waals surface area (Å²) in [6.07, 6.45) is 7.72. The van der Waals surface area contributed by atoms with Crippen molar-refractivity contribution in [3.8, 4) is 0 Å². The summed E-state index contributed by atoms with van der Waals surface area (Å²) >= 11 is 0. The molecule has 0 aromatic heterocycles. The summed E-state index contributed by atoms with van der Waals surface area (Å²) < 4.78 is 0. The van der Waals surface area contributed by atoms with Crippen molar-refractivity contribution in [3.05, 3.63) is 23.3 Å². The van der Waals surface area contributed by atoms with E-state index in [2.05, 4.69) is 63.5 Å². The predicted octanol–water partition coefficient (Wildman–Crippen LogP) is 4.54. The number of allylic oxidation sites excluding steroid dienone is 2. The zero-order valence-electron chi connectivity index (χ0n) is 16.0. The molecule has 0 amide bonds. The Balaban J connectivity index is 1.71. The van der Waals surface area contributed by atoms with Crippen molar-refractivity contribution < 1.29 is 0 Å². The van der Waals surface area contributed by atoms with E-state index >= 15 is 0 Å². The van der Waals surface area contributed by atoms with Crippen LogP contribution < -0.4 is 0 Å². The molecule has 0 spiro atoms. The number of rotatable bonds is 2. The highest BCUT2D eigenvalue weighted by Crippen LogP contribution is 2.36. The molecular weight excluding hydrogens is 280 g/mol. The molecule has 2 heteroatoms. The molecule has 2 nitrogen and oxygen atoms in total. The highest BCUT2D eigenvalue weighted by molar-refractivity contribution is 5.18. The van der Waals surface area contributed by atoms with Gasteiger partial charge in [0.2, 0.25) is 0 Å². The van der Waals surface area contributed by atoms with Crippen LogP contribution in [0.5, 0.6) is 0 Å². The molecule has 6 atom stereocenters. The molecule has 130 valence electrons. The molecule has 3 aliphatic rings. The quantitative estimate of drug-likeness (QED) is 0.690. The van der Waals surface area contributed by atoms with Gasteiger partial charge in [-0.1, -0.05) is 51.0 Å². The van der Waals surface area contributed by atoms with E-state index in [0.29, 0.717) is 12.1 Å². The first-order valence-corrected chi connectivity index (χ1v) is 9.71. The van der Waals surface area contributed by atoms with E-state index in [1.165, 1.54) is 25.9 Å². The van der Waals surface area contributed by atoms with Crippen molar-refractivity contribution in [2.24, 2.45) is 23.7 Å². The minimum absolute atomic E-state index is 0.665. The summed E-state index contributed by atoms with van der Waals surface area (Å²) in [5, 5.41) is 0. The van der Waals surface area contributed by atoms with E-state index < -0.39 is 0 Å². The second kappa shape index (κ2) is 6.72. The van der Waals surface area contributed by atoms with Gasteiger partial charge in [-0.05, 0) is 50.4 Å². The summed E-state index contributed by atoms with van der Waals surface area (Å²) in [4.78, 5) is 5.50. The predicted molar refractivity (Wildman–Crippen MR) is 99.3 cm³/mol. The lowest BCUT2D eigenvalue weighted by Crippen LogP contribution is -2.46. The summed E-state index contributed by atoms with van der Waals surface area (Å²) in [6.45, 7) is 18.0. The summed E-state index contributed by atoms with van der Waals surface area (Å²) in [5.41, 5.74) is 3.21. The van der Waals surface area contributed by atoms with E-state index in [1.807, 2.05) is 0 Å². The molecule has 3 rings (SSSR count). The van der Waals surface area contributed by atoms with Crippen LogP contribution >= 0.6 is 0 Å². The Morgan fingerprint density at radius 2 is 1.13 bits per heavy atom. The summed E-state index contributed by atoms with van der Waals surface area (Å²) in [6, 6.07) is 1.33. The maximum Gasteiger partial charge on any atom is 0.0518 e. The van der Waals surface area contributed by atoms with E-state index in [0.717, 1.165) is 30.3 Å². The third-order valence-electron chi connectivity index (χ3n) is 6.42. The highest BCUT2D eigenvalue weighted by atomic mass is 15.4. The Bertz CT molecular complexity index is 448. The van der Waals surface area contributed by atoms with Gasteiger partial charge in [-0.15, -0.1) is 0 Å². The third-order valence-corrected chi connectivity index (χ3v) is 6.42. The average molecular weight is 317 g/mol. The molecule has 0 aromatic rings. The molecule has 1 saturated heterocycles. The molecule has 1 aliphatic heterocycles. The van der Waals surface area contributed by atoms with Gasteiger partial charge in [-0.2, -0.15) is 0 Å². The van der Waals surface area contributed by atoms with Crippen LogP contribution in [0.25, 0.3) is 0 Å². The SMILES string of the molecule is CC1=CC(C)CC(C)C1N1CCN(C2C(C)=CC(C)CC2C)C1. The lowest BCUT2D eigenvalue weighted by atomic mass is 9.80. The van der Waals surface area contributed by atoms with Gasteiger partial charge in [-0.3, -0.25) is 9.80 Å². The van der Waals surface area contributed by atoms with Crippen LogP contribution in [0.4, 0.5) is 0 Å². The second-order valence-corrected chi connectivity index (χ2v) is 8.86. The highest BCUT2D eigenvalue weighted by Gasteiger charge is 2.38. The lowest BCUT2D eigenvalue weighted by molar-refractivity contribution is 0.120. The van der Waals surface area contributed by atoms with Crippen molar-refractivity contribution in [1.82, 2.24) is 9.80 Å².